The molecule has 1 unspecified atom stereocenters. The van der Waals surface area contributed by atoms with E-state index in [2.05, 4.69) is 9.97 Å². The van der Waals surface area contributed by atoms with E-state index in [1.807, 2.05) is 32.6 Å². The molecule has 0 aromatic carbocycles. The fraction of sp³-hybridized carbons (Fsp3) is 0.667. The summed E-state index contributed by atoms with van der Waals surface area (Å²) in [6.07, 6.45) is 1.65. The zero-order chi connectivity index (χ0) is 22.7. The van der Waals surface area contributed by atoms with Gasteiger partial charge in [-0.25, -0.2) is 14.8 Å². The number of thioether (sulfide) groups is 1. The highest BCUT2D eigenvalue weighted by molar-refractivity contribution is 8.00. The maximum Gasteiger partial charge on any atom is 0.332 e. The number of morpholine rings is 1. The highest BCUT2D eigenvalue weighted by Gasteiger charge is 2.25. The Kier molecular flexibility index (Phi) is 7.53. The van der Waals surface area contributed by atoms with E-state index in [1.165, 1.54) is 23.4 Å². The van der Waals surface area contributed by atoms with E-state index in [1.54, 1.807) is 0 Å². The minimum absolute atomic E-state index is 0.0108. The van der Waals surface area contributed by atoms with E-state index < -0.39 is 11.2 Å². The van der Waals surface area contributed by atoms with Crippen LogP contribution in [0.3, 0.4) is 0 Å². The molecule has 1 atom stereocenters. The zero-order valence-electron chi connectivity index (χ0n) is 18.9. The number of hydrogen-bond donors (Lipinski definition) is 0. The summed E-state index contributed by atoms with van der Waals surface area (Å²) >= 11 is 1.24. The van der Waals surface area contributed by atoms with E-state index >= 15 is 0 Å². The number of fused-ring (bicyclic) bond motifs is 1. The van der Waals surface area contributed by atoms with Crippen molar-refractivity contribution in [3.05, 3.63) is 26.7 Å². The lowest BCUT2D eigenvalue weighted by atomic mass is 10.2. The lowest BCUT2D eigenvalue weighted by Gasteiger charge is -2.32. The van der Waals surface area contributed by atoms with Crippen LogP contribution in [-0.2, 0) is 23.1 Å². The van der Waals surface area contributed by atoms with Crippen molar-refractivity contribution in [3.8, 4) is 0 Å². The Balaban J connectivity index is 2.02. The molecule has 31 heavy (non-hydrogen) atoms. The number of amides is 1. The number of ether oxygens (including phenoxy) is 1. The lowest BCUT2D eigenvalue weighted by molar-refractivity contribution is -0.135. The molecule has 0 radical (unpaired) electrons. The number of rotatable bonds is 7. The van der Waals surface area contributed by atoms with Gasteiger partial charge in [-0.05, 0) is 12.8 Å². The number of carbonyl (C=O) groups excluding carboxylic acids is 1. The monoisotopic (exact) mass is 449 g/mol. The Bertz CT molecular complexity index is 1080. The van der Waals surface area contributed by atoms with Crippen molar-refractivity contribution in [2.75, 3.05) is 25.4 Å². The van der Waals surface area contributed by atoms with Gasteiger partial charge in [0.05, 0.1) is 18.5 Å². The van der Waals surface area contributed by atoms with Crippen LogP contribution in [0.5, 0.6) is 0 Å². The summed E-state index contributed by atoms with van der Waals surface area (Å²) in [4.78, 5) is 49.5. The summed E-state index contributed by atoms with van der Waals surface area (Å²) in [6.45, 7) is 10.1. The second kappa shape index (κ2) is 9.95. The quantitative estimate of drug-likeness (QED) is 0.469. The van der Waals surface area contributed by atoms with Gasteiger partial charge in [-0.2, -0.15) is 0 Å². The van der Waals surface area contributed by atoms with E-state index in [-0.39, 0.29) is 23.7 Å². The normalized spacial score (nSPS) is 17.0. The average Bonchev–Trinajstić information content (AvgIpc) is 2.78. The van der Waals surface area contributed by atoms with Crippen LogP contribution in [0.2, 0.25) is 0 Å². The molecule has 0 spiro atoms. The molecule has 9 nitrogen and oxygen atoms in total. The third-order valence-corrected chi connectivity index (χ3v) is 6.37. The fourth-order valence-corrected chi connectivity index (χ4v) is 4.48. The molecular formula is C21H31N5O4S. The van der Waals surface area contributed by atoms with E-state index in [0.717, 1.165) is 17.4 Å². The molecule has 1 aliphatic rings. The number of carbonyl (C=O) groups is 1. The number of aromatic nitrogens is 4. The third-order valence-electron chi connectivity index (χ3n) is 5.41. The standard InChI is InChI=1S/C21H31N5O4S/c1-6-8-26-18-16(20(28)24(5)21(26)29)19(23-17(22-18)13(3)4)31-12-15(27)25-9-10-30-14(7-2)11-25/h13-14H,6-12H2,1-5H3. The predicted molar refractivity (Wildman–Crippen MR) is 121 cm³/mol. The van der Waals surface area contributed by atoms with Crippen molar-refractivity contribution in [3.63, 3.8) is 0 Å². The maximum absolute atomic E-state index is 13.0. The SMILES string of the molecule is CCCn1c(=O)n(C)c(=O)c2c(SCC(=O)N3CCOC(CC)C3)nc(C(C)C)nc21. The Hall–Kier alpha value is -2.20. The van der Waals surface area contributed by atoms with Crippen LogP contribution in [-0.4, -0.2) is 61.5 Å². The maximum atomic E-state index is 13.0. The van der Waals surface area contributed by atoms with Gasteiger partial charge in [-0.3, -0.25) is 18.7 Å². The van der Waals surface area contributed by atoms with Crippen molar-refractivity contribution in [1.29, 1.82) is 0 Å². The van der Waals surface area contributed by atoms with Crippen molar-refractivity contribution < 1.29 is 9.53 Å². The predicted octanol–water partition coefficient (Wildman–Crippen LogP) is 1.75. The van der Waals surface area contributed by atoms with Gasteiger partial charge in [0, 0.05) is 32.6 Å². The summed E-state index contributed by atoms with van der Waals surface area (Å²) in [5, 5.41) is 0.749. The van der Waals surface area contributed by atoms with Crippen molar-refractivity contribution in [2.45, 2.75) is 64.1 Å². The van der Waals surface area contributed by atoms with Crippen LogP contribution in [0.4, 0.5) is 0 Å². The minimum Gasteiger partial charge on any atom is -0.375 e. The van der Waals surface area contributed by atoms with Gasteiger partial charge >= 0.3 is 5.69 Å². The number of hydrogen-bond acceptors (Lipinski definition) is 7. The fourth-order valence-electron chi connectivity index (χ4n) is 3.56. The minimum atomic E-state index is -0.435. The first-order valence-corrected chi connectivity index (χ1v) is 11.8. The smallest absolute Gasteiger partial charge is 0.332 e. The van der Waals surface area contributed by atoms with E-state index in [4.69, 9.17) is 4.74 Å². The Labute approximate surface area is 185 Å². The molecule has 2 aromatic rings. The van der Waals surface area contributed by atoms with E-state index in [0.29, 0.717) is 48.1 Å². The molecule has 3 rings (SSSR count). The largest absolute Gasteiger partial charge is 0.375 e. The third kappa shape index (κ3) is 4.85. The molecule has 2 aromatic heterocycles. The van der Waals surface area contributed by atoms with Crippen LogP contribution in [0.15, 0.2) is 14.6 Å². The van der Waals surface area contributed by atoms with Gasteiger partial charge in [0.15, 0.2) is 5.65 Å². The molecule has 170 valence electrons. The van der Waals surface area contributed by atoms with Gasteiger partial charge in [0.2, 0.25) is 5.91 Å². The molecule has 1 amide bonds. The molecule has 0 aliphatic carbocycles. The van der Waals surface area contributed by atoms with Crippen LogP contribution >= 0.6 is 11.8 Å². The first kappa shape index (κ1) is 23.5. The molecule has 10 heteroatoms. The van der Waals surface area contributed by atoms with Gasteiger partial charge < -0.3 is 9.64 Å². The summed E-state index contributed by atoms with van der Waals surface area (Å²) in [5.74, 6) is 0.717. The molecule has 0 saturated carbocycles. The average molecular weight is 450 g/mol. The molecule has 1 aliphatic heterocycles. The second-order valence-corrected chi connectivity index (χ2v) is 9.03. The van der Waals surface area contributed by atoms with Crippen molar-refractivity contribution in [1.82, 2.24) is 24.0 Å². The van der Waals surface area contributed by atoms with Gasteiger partial charge in [-0.15, -0.1) is 0 Å². The van der Waals surface area contributed by atoms with E-state index in [9.17, 15) is 14.4 Å². The highest BCUT2D eigenvalue weighted by Crippen LogP contribution is 2.25. The van der Waals surface area contributed by atoms with Gasteiger partial charge in [0.1, 0.15) is 16.2 Å². The number of nitrogens with zero attached hydrogens (tertiary/aromatic N) is 5. The highest BCUT2D eigenvalue weighted by atomic mass is 32.2. The molecule has 1 saturated heterocycles. The second-order valence-electron chi connectivity index (χ2n) is 8.07. The van der Waals surface area contributed by atoms with Crippen LogP contribution in [0.25, 0.3) is 11.0 Å². The summed E-state index contributed by atoms with van der Waals surface area (Å²) < 4.78 is 8.27. The van der Waals surface area contributed by atoms with Crippen molar-refractivity contribution >= 4 is 28.7 Å². The summed E-state index contributed by atoms with van der Waals surface area (Å²) in [7, 11) is 1.46. The van der Waals surface area contributed by atoms with Crippen LogP contribution in [0, 0.1) is 0 Å². The Morgan fingerprint density at radius 2 is 2.00 bits per heavy atom. The van der Waals surface area contributed by atoms with Crippen molar-refractivity contribution in [2.24, 2.45) is 7.05 Å². The molecule has 0 N–H and O–H groups in total. The van der Waals surface area contributed by atoms with Gasteiger partial charge in [-0.1, -0.05) is 39.5 Å². The molecular weight excluding hydrogens is 418 g/mol. The number of aryl methyl sites for hydroxylation is 1. The molecule has 0 bridgehead atoms. The lowest BCUT2D eigenvalue weighted by Crippen LogP contribution is -2.46. The zero-order valence-corrected chi connectivity index (χ0v) is 19.7. The molecule has 3 heterocycles. The van der Waals surface area contributed by atoms with Crippen LogP contribution < -0.4 is 11.2 Å². The van der Waals surface area contributed by atoms with Gasteiger partial charge in [0.25, 0.3) is 5.56 Å². The Morgan fingerprint density at radius 1 is 1.26 bits per heavy atom. The summed E-state index contributed by atoms with van der Waals surface area (Å²) in [6, 6.07) is 0. The summed E-state index contributed by atoms with van der Waals surface area (Å²) in [5.41, 5.74) is -0.477. The van der Waals surface area contributed by atoms with Crippen LogP contribution in [0.1, 0.15) is 52.3 Å². The molecule has 1 fully saturated rings. The Morgan fingerprint density at radius 3 is 2.65 bits per heavy atom. The topological polar surface area (TPSA) is 99.3 Å². The first-order valence-electron chi connectivity index (χ1n) is 10.8. The first-order chi connectivity index (χ1) is 14.8.